The summed E-state index contributed by atoms with van der Waals surface area (Å²) in [7, 11) is -2.11. The Morgan fingerprint density at radius 2 is 1.92 bits per heavy atom. The van der Waals surface area contributed by atoms with Crippen molar-refractivity contribution < 1.29 is 26.4 Å². The quantitative estimate of drug-likeness (QED) is 0.741. The highest BCUT2D eigenvalue weighted by Gasteiger charge is 2.47. The van der Waals surface area contributed by atoms with Crippen LogP contribution in [-0.4, -0.2) is 48.9 Å². The highest BCUT2D eigenvalue weighted by molar-refractivity contribution is 9.10. The molecule has 24 heavy (non-hydrogen) atoms. The minimum atomic E-state index is -4.69. The molecule has 1 aromatic heterocycles. The second-order valence-electron chi connectivity index (χ2n) is 5.72. The van der Waals surface area contributed by atoms with E-state index in [1.807, 2.05) is 0 Å². The van der Waals surface area contributed by atoms with Gasteiger partial charge in [-0.1, -0.05) is 0 Å². The Kier molecular flexibility index (Phi) is 5.58. The molecule has 134 valence electrons. The predicted octanol–water partition coefficient (Wildman–Crippen LogP) is 2.73. The Balaban J connectivity index is 2.23. The lowest BCUT2D eigenvalue weighted by Crippen LogP contribution is -2.44. The van der Waals surface area contributed by atoms with Crippen LogP contribution in [0.25, 0.3) is 0 Å². The highest BCUT2D eigenvalue weighted by atomic mass is 79.9. The maximum absolute atomic E-state index is 13.5. The summed E-state index contributed by atoms with van der Waals surface area (Å²) < 4.78 is 63.8. The van der Waals surface area contributed by atoms with Crippen LogP contribution in [0, 0.1) is 5.92 Å². The van der Waals surface area contributed by atoms with Gasteiger partial charge in [-0.25, -0.2) is 8.42 Å². The molecule has 0 aromatic carbocycles. The summed E-state index contributed by atoms with van der Waals surface area (Å²) in [4.78, 5) is 16.8. The van der Waals surface area contributed by atoms with Gasteiger partial charge in [-0.15, -0.1) is 0 Å². The van der Waals surface area contributed by atoms with Crippen molar-refractivity contribution in [2.75, 3.05) is 18.6 Å². The van der Waals surface area contributed by atoms with Gasteiger partial charge in [0.25, 0.3) is 0 Å². The summed E-state index contributed by atoms with van der Waals surface area (Å²) in [5, 5.41) is 0. The van der Waals surface area contributed by atoms with Crippen molar-refractivity contribution >= 4 is 31.7 Å². The van der Waals surface area contributed by atoms with E-state index in [2.05, 4.69) is 20.9 Å². The number of carbonyl (C=O) groups excluding carboxylic acids is 1. The molecule has 0 N–H and O–H groups in total. The number of carbonyl (C=O) groups is 1. The van der Waals surface area contributed by atoms with Gasteiger partial charge in [0.05, 0.1) is 17.2 Å². The first kappa shape index (κ1) is 19.2. The average molecular weight is 429 g/mol. The van der Waals surface area contributed by atoms with E-state index in [9.17, 15) is 26.4 Å². The zero-order valence-corrected chi connectivity index (χ0v) is 15.2. The summed E-state index contributed by atoms with van der Waals surface area (Å²) in [6.45, 7) is 0. The third-order valence-electron chi connectivity index (χ3n) is 3.98. The second-order valence-corrected chi connectivity index (χ2v) is 8.94. The number of pyridine rings is 1. The van der Waals surface area contributed by atoms with Crippen molar-refractivity contribution in [1.29, 1.82) is 0 Å². The lowest BCUT2D eigenvalue weighted by atomic mass is 9.99. The SMILES string of the molecule is CN(C(=O)C1CCS(=O)(=O)CC1)C(c1ccc(Br)cn1)C(F)(F)F. The van der Waals surface area contributed by atoms with Crippen LogP contribution in [0.2, 0.25) is 0 Å². The van der Waals surface area contributed by atoms with Gasteiger partial charge in [0.2, 0.25) is 5.91 Å². The zero-order chi connectivity index (χ0) is 18.1. The van der Waals surface area contributed by atoms with Crippen molar-refractivity contribution in [2.24, 2.45) is 5.92 Å². The Labute approximate surface area is 146 Å². The van der Waals surface area contributed by atoms with Crippen LogP contribution in [-0.2, 0) is 14.6 Å². The molecule has 2 heterocycles. The number of halogens is 4. The van der Waals surface area contributed by atoms with E-state index in [1.165, 1.54) is 18.3 Å². The zero-order valence-electron chi connectivity index (χ0n) is 12.8. The monoisotopic (exact) mass is 428 g/mol. The first-order valence-electron chi connectivity index (χ1n) is 7.16. The van der Waals surface area contributed by atoms with Gasteiger partial charge in [0.1, 0.15) is 9.84 Å². The summed E-state index contributed by atoms with van der Waals surface area (Å²) in [5.74, 6) is -1.79. The topological polar surface area (TPSA) is 67.3 Å². The fraction of sp³-hybridized carbons (Fsp3) is 0.571. The van der Waals surface area contributed by atoms with E-state index in [0.29, 0.717) is 9.37 Å². The van der Waals surface area contributed by atoms with Crippen LogP contribution >= 0.6 is 15.9 Å². The summed E-state index contributed by atoms with van der Waals surface area (Å²) in [6, 6.07) is 0.459. The molecule has 1 unspecified atom stereocenters. The van der Waals surface area contributed by atoms with Crippen LogP contribution in [0.4, 0.5) is 13.2 Å². The minimum absolute atomic E-state index is 0.0455. The fourth-order valence-corrected chi connectivity index (χ4v) is 4.41. The van der Waals surface area contributed by atoms with Gasteiger partial charge in [0, 0.05) is 23.6 Å². The van der Waals surface area contributed by atoms with Crippen LogP contribution in [0.3, 0.4) is 0 Å². The molecular formula is C14H16BrF3N2O3S. The lowest BCUT2D eigenvalue weighted by Gasteiger charge is -2.33. The van der Waals surface area contributed by atoms with E-state index in [-0.39, 0.29) is 30.0 Å². The van der Waals surface area contributed by atoms with Crippen molar-refractivity contribution in [2.45, 2.75) is 25.1 Å². The Morgan fingerprint density at radius 3 is 2.38 bits per heavy atom. The number of aromatic nitrogens is 1. The molecule has 0 aliphatic carbocycles. The van der Waals surface area contributed by atoms with Crippen molar-refractivity contribution in [3.8, 4) is 0 Å². The molecule has 2 rings (SSSR count). The summed E-state index contributed by atoms with van der Waals surface area (Å²) in [6.07, 6.45) is -3.36. The molecule has 1 fully saturated rings. The van der Waals surface area contributed by atoms with Gasteiger partial charge in [-0.2, -0.15) is 13.2 Å². The smallest absolute Gasteiger partial charge is 0.328 e. The van der Waals surface area contributed by atoms with Crippen molar-refractivity contribution in [3.05, 3.63) is 28.5 Å². The fourth-order valence-electron chi connectivity index (χ4n) is 2.69. The Hall–Kier alpha value is -1.16. The van der Waals surface area contributed by atoms with E-state index in [1.54, 1.807) is 0 Å². The normalized spacial score (nSPS) is 19.7. The van der Waals surface area contributed by atoms with Crippen LogP contribution in [0.1, 0.15) is 24.6 Å². The molecule has 1 aromatic rings. The van der Waals surface area contributed by atoms with Gasteiger partial charge >= 0.3 is 6.18 Å². The maximum Gasteiger partial charge on any atom is 0.414 e. The standard InChI is InChI=1S/C14H16BrF3N2O3S/c1-20(13(21)9-4-6-24(22,23)7-5-9)12(14(16,17)18)11-3-2-10(15)8-19-11/h2-3,8-9,12H,4-7H2,1H3. The van der Waals surface area contributed by atoms with Crippen LogP contribution < -0.4 is 0 Å². The number of hydrogen-bond acceptors (Lipinski definition) is 4. The largest absolute Gasteiger partial charge is 0.414 e. The molecule has 0 bridgehead atoms. The third-order valence-corrected chi connectivity index (χ3v) is 6.16. The molecule has 0 spiro atoms. The molecule has 0 radical (unpaired) electrons. The lowest BCUT2D eigenvalue weighted by molar-refractivity contribution is -0.191. The van der Waals surface area contributed by atoms with Crippen molar-refractivity contribution in [3.63, 3.8) is 0 Å². The molecule has 1 atom stereocenters. The van der Waals surface area contributed by atoms with Crippen LogP contribution in [0.5, 0.6) is 0 Å². The molecule has 1 aliphatic heterocycles. The second kappa shape index (κ2) is 6.99. The van der Waals surface area contributed by atoms with E-state index < -0.39 is 33.9 Å². The molecule has 1 saturated heterocycles. The molecule has 1 aliphatic rings. The average Bonchev–Trinajstić information content (AvgIpc) is 2.47. The van der Waals surface area contributed by atoms with Crippen molar-refractivity contribution in [1.82, 2.24) is 9.88 Å². The number of alkyl halides is 3. The summed E-state index contributed by atoms with van der Waals surface area (Å²) in [5.41, 5.74) is -0.287. The molecule has 10 heteroatoms. The van der Waals surface area contributed by atoms with E-state index >= 15 is 0 Å². The van der Waals surface area contributed by atoms with Gasteiger partial charge in [-0.3, -0.25) is 9.78 Å². The van der Waals surface area contributed by atoms with E-state index in [0.717, 1.165) is 7.05 Å². The van der Waals surface area contributed by atoms with Gasteiger partial charge in [0.15, 0.2) is 6.04 Å². The number of sulfone groups is 1. The van der Waals surface area contributed by atoms with Gasteiger partial charge < -0.3 is 4.90 Å². The Morgan fingerprint density at radius 1 is 1.33 bits per heavy atom. The van der Waals surface area contributed by atoms with E-state index in [4.69, 9.17) is 0 Å². The molecule has 5 nitrogen and oxygen atoms in total. The molecular weight excluding hydrogens is 413 g/mol. The summed E-state index contributed by atoms with van der Waals surface area (Å²) >= 11 is 3.10. The highest BCUT2D eigenvalue weighted by Crippen LogP contribution is 2.37. The molecule has 0 saturated carbocycles. The third kappa shape index (κ3) is 4.47. The number of nitrogens with zero attached hydrogens (tertiary/aromatic N) is 2. The Bertz CT molecular complexity index is 693. The number of rotatable bonds is 3. The number of amides is 1. The first-order chi connectivity index (χ1) is 11.0. The maximum atomic E-state index is 13.5. The minimum Gasteiger partial charge on any atom is -0.328 e. The van der Waals surface area contributed by atoms with Gasteiger partial charge in [-0.05, 0) is 40.9 Å². The van der Waals surface area contributed by atoms with Crippen LogP contribution in [0.15, 0.2) is 22.8 Å². The number of hydrogen-bond donors (Lipinski definition) is 0. The first-order valence-corrected chi connectivity index (χ1v) is 9.78. The predicted molar refractivity (Wildman–Crippen MR) is 84.9 cm³/mol. The molecule has 1 amide bonds.